The maximum Gasteiger partial charge on any atom is 0.305 e. The van der Waals surface area contributed by atoms with E-state index in [1.807, 2.05) is 0 Å². The van der Waals surface area contributed by atoms with Crippen molar-refractivity contribution in [1.82, 2.24) is 0 Å². The minimum absolute atomic E-state index is 0.0947. The van der Waals surface area contributed by atoms with Crippen LogP contribution in [0.4, 0.5) is 0 Å². The molecule has 5 unspecified atom stereocenters. The van der Waals surface area contributed by atoms with E-state index in [1.54, 1.807) is 6.92 Å². The Morgan fingerprint density at radius 2 is 1.83 bits per heavy atom. The van der Waals surface area contributed by atoms with E-state index in [2.05, 4.69) is 4.74 Å². The lowest BCUT2D eigenvalue weighted by Gasteiger charge is -2.39. The second kappa shape index (κ2) is 8.85. The SMILES string of the molecule is CCC(=O)OCC(O)(O)CCOC1OC(CO)C(O)C(O)C1O. The Balaban J connectivity index is 2.43. The van der Waals surface area contributed by atoms with Gasteiger partial charge in [0, 0.05) is 12.8 Å². The molecule has 0 aromatic rings. The molecule has 0 aromatic carbocycles. The molecule has 0 amide bonds. The molecule has 5 atom stereocenters. The number of esters is 1. The highest BCUT2D eigenvalue weighted by Crippen LogP contribution is 2.22. The average molecular weight is 340 g/mol. The minimum atomic E-state index is -2.32. The van der Waals surface area contributed by atoms with Crippen LogP contribution in [-0.4, -0.2) is 92.9 Å². The molecule has 136 valence electrons. The van der Waals surface area contributed by atoms with Crippen molar-refractivity contribution in [2.75, 3.05) is 19.8 Å². The van der Waals surface area contributed by atoms with Gasteiger partial charge in [-0.25, -0.2) is 0 Å². The summed E-state index contributed by atoms with van der Waals surface area (Å²) >= 11 is 0. The summed E-state index contributed by atoms with van der Waals surface area (Å²) in [6.07, 6.45) is -7.40. The molecule has 0 radical (unpaired) electrons. The minimum Gasteiger partial charge on any atom is -0.460 e. The number of aliphatic hydroxyl groups is 6. The van der Waals surface area contributed by atoms with Crippen LogP contribution in [0.5, 0.6) is 0 Å². The van der Waals surface area contributed by atoms with Gasteiger partial charge >= 0.3 is 5.97 Å². The topological polar surface area (TPSA) is 166 Å². The lowest BCUT2D eigenvalue weighted by atomic mass is 9.99. The summed E-state index contributed by atoms with van der Waals surface area (Å²) in [4.78, 5) is 11.0. The van der Waals surface area contributed by atoms with Crippen molar-refractivity contribution in [2.45, 2.75) is 56.3 Å². The molecule has 23 heavy (non-hydrogen) atoms. The zero-order valence-corrected chi connectivity index (χ0v) is 12.7. The number of rotatable bonds is 8. The van der Waals surface area contributed by atoms with Crippen molar-refractivity contribution in [3.05, 3.63) is 0 Å². The molecule has 1 aliphatic heterocycles. The normalized spacial score (nSPS) is 31.9. The Kier molecular flexibility index (Phi) is 7.77. The molecule has 0 aromatic heterocycles. The third-order valence-electron chi connectivity index (χ3n) is 3.39. The van der Waals surface area contributed by atoms with E-state index < -0.39 is 55.7 Å². The molecular formula is C13H24O10. The van der Waals surface area contributed by atoms with Crippen LogP contribution in [0.1, 0.15) is 19.8 Å². The lowest BCUT2D eigenvalue weighted by molar-refractivity contribution is -0.306. The van der Waals surface area contributed by atoms with E-state index in [0.29, 0.717) is 0 Å². The van der Waals surface area contributed by atoms with Crippen LogP contribution >= 0.6 is 0 Å². The summed E-state index contributed by atoms with van der Waals surface area (Å²) in [5, 5.41) is 57.1. The maximum atomic E-state index is 11.0. The second-order valence-electron chi connectivity index (χ2n) is 5.31. The van der Waals surface area contributed by atoms with Gasteiger partial charge in [0.2, 0.25) is 0 Å². The van der Waals surface area contributed by atoms with Crippen LogP contribution in [0.2, 0.25) is 0 Å². The molecule has 10 nitrogen and oxygen atoms in total. The van der Waals surface area contributed by atoms with Gasteiger partial charge < -0.3 is 44.8 Å². The van der Waals surface area contributed by atoms with E-state index in [1.165, 1.54) is 0 Å². The van der Waals surface area contributed by atoms with Gasteiger partial charge in [-0.15, -0.1) is 0 Å². The Bertz CT molecular complexity index is 372. The first kappa shape index (κ1) is 20.2. The third kappa shape index (κ3) is 5.94. The number of hydrogen-bond acceptors (Lipinski definition) is 10. The van der Waals surface area contributed by atoms with Crippen molar-refractivity contribution in [3.63, 3.8) is 0 Å². The number of carbonyl (C=O) groups excluding carboxylic acids is 1. The van der Waals surface area contributed by atoms with Gasteiger partial charge in [-0.2, -0.15) is 0 Å². The Morgan fingerprint density at radius 3 is 2.39 bits per heavy atom. The van der Waals surface area contributed by atoms with Crippen molar-refractivity contribution >= 4 is 5.97 Å². The van der Waals surface area contributed by atoms with Crippen molar-refractivity contribution < 1.29 is 49.6 Å². The Hall–Kier alpha value is -0.850. The molecule has 1 aliphatic rings. The summed E-state index contributed by atoms with van der Waals surface area (Å²) in [6, 6.07) is 0. The fourth-order valence-corrected chi connectivity index (χ4v) is 1.91. The summed E-state index contributed by atoms with van der Waals surface area (Å²) in [5.41, 5.74) is 0. The summed E-state index contributed by atoms with van der Waals surface area (Å²) in [6.45, 7) is 0.0137. The van der Waals surface area contributed by atoms with Gasteiger partial charge in [0.15, 0.2) is 12.1 Å². The fourth-order valence-electron chi connectivity index (χ4n) is 1.91. The fraction of sp³-hybridized carbons (Fsp3) is 0.923. The molecule has 0 aliphatic carbocycles. The third-order valence-corrected chi connectivity index (χ3v) is 3.39. The maximum absolute atomic E-state index is 11.0. The zero-order chi connectivity index (χ0) is 17.6. The number of aliphatic hydroxyl groups excluding tert-OH is 4. The van der Waals surface area contributed by atoms with Gasteiger partial charge in [0.1, 0.15) is 31.0 Å². The number of ether oxygens (including phenoxy) is 3. The first-order valence-corrected chi connectivity index (χ1v) is 7.24. The van der Waals surface area contributed by atoms with Crippen LogP contribution in [0.25, 0.3) is 0 Å². The predicted molar refractivity (Wildman–Crippen MR) is 72.8 cm³/mol. The van der Waals surface area contributed by atoms with Crippen molar-refractivity contribution in [1.29, 1.82) is 0 Å². The molecule has 0 spiro atoms. The van der Waals surface area contributed by atoms with E-state index >= 15 is 0 Å². The van der Waals surface area contributed by atoms with E-state index in [4.69, 9.17) is 14.6 Å². The molecule has 1 heterocycles. The summed E-state index contributed by atoms with van der Waals surface area (Å²) in [5.74, 6) is -2.91. The highest BCUT2D eigenvalue weighted by atomic mass is 16.7. The average Bonchev–Trinajstić information content (AvgIpc) is 2.52. The molecule has 6 N–H and O–H groups in total. The highest BCUT2D eigenvalue weighted by Gasteiger charge is 2.44. The largest absolute Gasteiger partial charge is 0.460 e. The van der Waals surface area contributed by atoms with Gasteiger partial charge in [-0.05, 0) is 0 Å². The number of hydrogen-bond donors (Lipinski definition) is 6. The predicted octanol–water partition coefficient (Wildman–Crippen LogP) is -3.17. The van der Waals surface area contributed by atoms with Gasteiger partial charge in [0.05, 0.1) is 13.2 Å². The second-order valence-corrected chi connectivity index (χ2v) is 5.31. The summed E-state index contributed by atoms with van der Waals surface area (Å²) in [7, 11) is 0. The van der Waals surface area contributed by atoms with Crippen LogP contribution in [0.3, 0.4) is 0 Å². The van der Waals surface area contributed by atoms with Crippen LogP contribution in [0.15, 0.2) is 0 Å². The quantitative estimate of drug-likeness (QED) is 0.196. The number of carbonyl (C=O) groups is 1. The van der Waals surface area contributed by atoms with Gasteiger partial charge in [0.25, 0.3) is 0 Å². The molecule has 1 saturated heterocycles. The molecule has 0 saturated carbocycles. The smallest absolute Gasteiger partial charge is 0.305 e. The first-order chi connectivity index (χ1) is 10.7. The van der Waals surface area contributed by atoms with Crippen LogP contribution < -0.4 is 0 Å². The molecule has 1 rings (SSSR count). The van der Waals surface area contributed by atoms with E-state index in [0.717, 1.165) is 0 Å². The highest BCUT2D eigenvalue weighted by molar-refractivity contribution is 5.68. The van der Waals surface area contributed by atoms with Crippen LogP contribution in [0, 0.1) is 0 Å². The molecule has 10 heteroatoms. The Labute approximate surface area is 132 Å². The van der Waals surface area contributed by atoms with Crippen molar-refractivity contribution in [3.8, 4) is 0 Å². The monoisotopic (exact) mass is 340 g/mol. The lowest BCUT2D eigenvalue weighted by Crippen LogP contribution is -2.59. The van der Waals surface area contributed by atoms with Gasteiger partial charge in [-0.1, -0.05) is 6.92 Å². The van der Waals surface area contributed by atoms with E-state index in [9.17, 15) is 30.3 Å². The van der Waals surface area contributed by atoms with Gasteiger partial charge in [-0.3, -0.25) is 4.79 Å². The zero-order valence-electron chi connectivity index (χ0n) is 12.7. The Morgan fingerprint density at radius 1 is 1.17 bits per heavy atom. The molecule has 0 bridgehead atoms. The first-order valence-electron chi connectivity index (χ1n) is 7.24. The van der Waals surface area contributed by atoms with Crippen LogP contribution in [-0.2, 0) is 19.0 Å². The summed E-state index contributed by atoms with van der Waals surface area (Å²) < 4.78 is 14.8. The molecular weight excluding hydrogens is 316 g/mol. The standard InChI is InChI=1S/C13H24O10/c1-2-8(15)22-6-13(19,20)3-4-21-12-11(18)10(17)9(16)7(5-14)23-12/h7,9-12,14,16-20H,2-6H2,1H3. The van der Waals surface area contributed by atoms with E-state index in [-0.39, 0.29) is 19.4 Å². The molecule has 1 fully saturated rings. The van der Waals surface area contributed by atoms with Crippen molar-refractivity contribution in [2.24, 2.45) is 0 Å².